The molecule has 0 fully saturated rings. The van der Waals surface area contributed by atoms with Gasteiger partial charge in [-0.3, -0.25) is 4.79 Å². The van der Waals surface area contributed by atoms with Gasteiger partial charge in [-0.05, 0) is 48.5 Å². The number of rotatable bonds is 5. The third kappa shape index (κ3) is 4.40. The van der Waals surface area contributed by atoms with E-state index in [1.165, 1.54) is 37.6 Å². The Balaban J connectivity index is 1.85. The van der Waals surface area contributed by atoms with Crippen LogP contribution in [0.25, 0.3) is 0 Å². The minimum Gasteiger partial charge on any atom is -0.497 e. The van der Waals surface area contributed by atoms with E-state index < -0.39 is 23.2 Å². The lowest BCUT2D eigenvalue weighted by Gasteiger charge is -2.14. The van der Waals surface area contributed by atoms with E-state index in [9.17, 15) is 18.0 Å². The van der Waals surface area contributed by atoms with Crippen LogP contribution in [-0.4, -0.2) is 18.0 Å². The summed E-state index contributed by atoms with van der Waals surface area (Å²) >= 11 is 0. The molecule has 0 aliphatic carbocycles. The molecule has 8 heteroatoms. The first-order valence-electron chi connectivity index (χ1n) is 8.13. The number of anilines is 1. The SMILES string of the molecule is COc1ccc(Oc2ncccc2NC(=O)c2ccccc2C(F)(F)F)cc1. The average Bonchev–Trinajstić information content (AvgIpc) is 2.69. The van der Waals surface area contributed by atoms with E-state index in [-0.39, 0.29) is 11.6 Å². The predicted molar refractivity (Wildman–Crippen MR) is 96.7 cm³/mol. The number of pyridine rings is 1. The number of alkyl halides is 3. The number of benzene rings is 2. The lowest BCUT2D eigenvalue weighted by atomic mass is 10.1. The molecule has 5 nitrogen and oxygen atoms in total. The molecule has 144 valence electrons. The molecule has 28 heavy (non-hydrogen) atoms. The zero-order valence-corrected chi connectivity index (χ0v) is 14.7. The van der Waals surface area contributed by atoms with Crippen LogP contribution in [0.2, 0.25) is 0 Å². The van der Waals surface area contributed by atoms with Crippen molar-refractivity contribution in [3.8, 4) is 17.4 Å². The van der Waals surface area contributed by atoms with Gasteiger partial charge in [0.05, 0.1) is 18.2 Å². The molecule has 0 unspecified atom stereocenters. The predicted octanol–water partition coefficient (Wildman–Crippen LogP) is 5.15. The molecule has 0 radical (unpaired) electrons. The van der Waals surface area contributed by atoms with E-state index in [2.05, 4.69) is 10.3 Å². The number of aromatic nitrogens is 1. The summed E-state index contributed by atoms with van der Waals surface area (Å²) in [6, 6.07) is 14.2. The van der Waals surface area contributed by atoms with Gasteiger partial charge >= 0.3 is 6.18 Å². The van der Waals surface area contributed by atoms with Gasteiger partial charge < -0.3 is 14.8 Å². The largest absolute Gasteiger partial charge is 0.497 e. The van der Waals surface area contributed by atoms with Gasteiger partial charge in [0, 0.05) is 6.20 Å². The van der Waals surface area contributed by atoms with E-state index in [1.807, 2.05) is 0 Å². The Morgan fingerprint density at radius 1 is 0.964 bits per heavy atom. The molecule has 0 atom stereocenters. The van der Waals surface area contributed by atoms with E-state index in [0.29, 0.717) is 11.5 Å². The molecular formula is C20H15F3N2O3. The number of carbonyl (C=O) groups excluding carboxylic acids is 1. The molecule has 3 rings (SSSR count). The van der Waals surface area contributed by atoms with Crippen LogP contribution < -0.4 is 14.8 Å². The van der Waals surface area contributed by atoms with Gasteiger partial charge in [-0.2, -0.15) is 13.2 Å². The summed E-state index contributed by atoms with van der Waals surface area (Å²) in [6.45, 7) is 0. The van der Waals surface area contributed by atoms with Crippen molar-refractivity contribution in [1.29, 1.82) is 0 Å². The zero-order chi connectivity index (χ0) is 20.1. The van der Waals surface area contributed by atoms with Crippen molar-refractivity contribution in [3.63, 3.8) is 0 Å². The summed E-state index contributed by atoms with van der Waals surface area (Å²) in [5, 5.41) is 2.43. The second-order valence-corrected chi connectivity index (χ2v) is 5.63. The summed E-state index contributed by atoms with van der Waals surface area (Å²) in [4.78, 5) is 16.5. The third-order valence-electron chi connectivity index (χ3n) is 3.77. The molecule has 0 aliphatic rings. The molecule has 1 aromatic heterocycles. The molecule has 0 spiro atoms. The number of amides is 1. The summed E-state index contributed by atoms with van der Waals surface area (Å²) < 4.78 is 50.1. The quantitative estimate of drug-likeness (QED) is 0.656. The lowest BCUT2D eigenvalue weighted by Crippen LogP contribution is -2.19. The fraction of sp³-hybridized carbons (Fsp3) is 0.100. The van der Waals surface area contributed by atoms with Gasteiger partial charge in [0.15, 0.2) is 0 Å². The summed E-state index contributed by atoms with van der Waals surface area (Å²) in [6.07, 6.45) is -3.20. The van der Waals surface area contributed by atoms with Crippen LogP contribution in [0.15, 0.2) is 66.9 Å². The fourth-order valence-electron chi connectivity index (χ4n) is 2.44. The topological polar surface area (TPSA) is 60.5 Å². The maximum atomic E-state index is 13.1. The van der Waals surface area contributed by atoms with E-state index in [4.69, 9.17) is 9.47 Å². The monoisotopic (exact) mass is 388 g/mol. The first-order chi connectivity index (χ1) is 13.4. The number of hydrogen-bond acceptors (Lipinski definition) is 4. The van der Waals surface area contributed by atoms with E-state index in [1.54, 1.807) is 24.3 Å². The second kappa shape index (κ2) is 7.99. The van der Waals surface area contributed by atoms with Crippen LogP contribution in [0.5, 0.6) is 17.4 Å². The normalized spacial score (nSPS) is 11.0. The number of nitrogens with zero attached hydrogens (tertiary/aromatic N) is 1. The maximum Gasteiger partial charge on any atom is 0.417 e. The van der Waals surface area contributed by atoms with Gasteiger partial charge in [0.2, 0.25) is 5.88 Å². The average molecular weight is 388 g/mol. The number of carbonyl (C=O) groups is 1. The van der Waals surface area contributed by atoms with Crippen molar-refractivity contribution in [2.24, 2.45) is 0 Å². The van der Waals surface area contributed by atoms with Crippen molar-refractivity contribution < 1.29 is 27.4 Å². The van der Waals surface area contributed by atoms with Crippen molar-refractivity contribution in [2.45, 2.75) is 6.18 Å². The van der Waals surface area contributed by atoms with E-state index >= 15 is 0 Å². The van der Waals surface area contributed by atoms with Gasteiger partial charge in [-0.25, -0.2) is 4.98 Å². The van der Waals surface area contributed by atoms with Crippen LogP contribution >= 0.6 is 0 Å². The van der Waals surface area contributed by atoms with Gasteiger partial charge in [0.1, 0.15) is 17.2 Å². The molecule has 0 bridgehead atoms. The number of halogens is 3. The molecule has 3 aromatic rings. The van der Waals surface area contributed by atoms with Crippen LogP contribution in [0.4, 0.5) is 18.9 Å². The summed E-state index contributed by atoms with van der Waals surface area (Å²) in [5.41, 5.74) is -1.37. The molecule has 0 aliphatic heterocycles. The van der Waals surface area contributed by atoms with Gasteiger partial charge in [-0.15, -0.1) is 0 Å². The lowest BCUT2D eigenvalue weighted by molar-refractivity contribution is -0.137. The minimum absolute atomic E-state index is 0.0468. The van der Waals surface area contributed by atoms with Crippen LogP contribution in [0.1, 0.15) is 15.9 Å². The molecule has 1 amide bonds. The van der Waals surface area contributed by atoms with Gasteiger partial charge in [0.25, 0.3) is 5.91 Å². The maximum absolute atomic E-state index is 13.1. The number of hydrogen-bond donors (Lipinski definition) is 1. The molecule has 1 N–H and O–H groups in total. The van der Waals surface area contributed by atoms with Crippen LogP contribution in [0.3, 0.4) is 0 Å². The molecule has 2 aromatic carbocycles. The summed E-state index contributed by atoms with van der Waals surface area (Å²) in [5.74, 6) is 0.183. The third-order valence-corrected chi connectivity index (χ3v) is 3.77. The van der Waals surface area contributed by atoms with Crippen molar-refractivity contribution in [2.75, 3.05) is 12.4 Å². The first kappa shape index (κ1) is 19.2. The standard InChI is InChI=1S/C20H15F3N2O3/c1-27-13-8-10-14(11-9-13)28-19-17(7-4-12-24-19)25-18(26)15-5-2-3-6-16(15)20(21,22)23/h2-12H,1H3,(H,25,26). The Hall–Kier alpha value is -3.55. The summed E-state index contributed by atoms with van der Waals surface area (Å²) in [7, 11) is 1.53. The smallest absolute Gasteiger partial charge is 0.417 e. The molecule has 0 saturated carbocycles. The minimum atomic E-state index is -4.65. The fourth-order valence-corrected chi connectivity index (χ4v) is 2.44. The first-order valence-corrected chi connectivity index (χ1v) is 8.13. The Morgan fingerprint density at radius 3 is 2.32 bits per heavy atom. The van der Waals surface area contributed by atoms with E-state index in [0.717, 1.165) is 12.1 Å². The highest BCUT2D eigenvalue weighted by Gasteiger charge is 2.35. The number of ether oxygens (including phenoxy) is 2. The number of nitrogens with one attached hydrogen (secondary N) is 1. The zero-order valence-electron chi connectivity index (χ0n) is 14.7. The highest BCUT2D eigenvalue weighted by Crippen LogP contribution is 2.33. The molecule has 0 saturated heterocycles. The Labute approximate surface area is 158 Å². The Morgan fingerprint density at radius 2 is 1.64 bits per heavy atom. The Kier molecular flexibility index (Phi) is 5.49. The molecular weight excluding hydrogens is 373 g/mol. The molecule has 1 heterocycles. The highest BCUT2D eigenvalue weighted by molar-refractivity contribution is 6.06. The highest BCUT2D eigenvalue weighted by atomic mass is 19.4. The second-order valence-electron chi connectivity index (χ2n) is 5.63. The Bertz CT molecular complexity index is 973. The van der Waals surface area contributed by atoms with Crippen molar-refractivity contribution in [3.05, 3.63) is 78.0 Å². The van der Waals surface area contributed by atoms with Gasteiger partial charge in [-0.1, -0.05) is 12.1 Å². The number of methoxy groups -OCH3 is 1. The van der Waals surface area contributed by atoms with Crippen molar-refractivity contribution >= 4 is 11.6 Å². The van der Waals surface area contributed by atoms with Crippen LogP contribution in [0, 0.1) is 0 Å². The van der Waals surface area contributed by atoms with Crippen molar-refractivity contribution in [1.82, 2.24) is 4.98 Å². The van der Waals surface area contributed by atoms with Crippen LogP contribution in [-0.2, 0) is 6.18 Å².